The molecular formula is C18H22N2O4. The van der Waals surface area contributed by atoms with Gasteiger partial charge < -0.3 is 14.8 Å². The van der Waals surface area contributed by atoms with Crippen molar-refractivity contribution in [2.75, 3.05) is 13.2 Å². The molecule has 0 heterocycles. The molecule has 0 bridgehead atoms. The fourth-order valence-electron chi connectivity index (χ4n) is 2.55. The lowest BCUT2D eigenvalue weighted by Gasteiger charge is -2.22. The van der Waals surface area contributed by atoms with Crippen molar-refractivity contribution in [3.8, 4) is 11.8 Å². The van der Waals surface area contributed by atoms with E-state index in [0.717, 1.165) is 24.0 Å². The van der Waals surface area contributed by atoms with Gasteiger partial charge in [0.25, 0.3) is 5.91 Å². The summed E-state index contributed by atoms with van der Waals surface area (Å²) in [6.07, 6.45) is 1.85. The van der Waals surface area contributed by atoms with E-state index in [1.807, 2.05) is 32.0 Å². The maximum Gasteiger partial charge on any atom is 0.344 e. The Balaban J connectivity index is 1.74. The molecule has 6 heteroatoms. The highest BCUT2D eigenvalue weighted by Gasteiger charge is 2.43. The van der Waals surface area contributed by atoms with Crippen molar-refractivity contribution < 1.29 is 19.1 Å². The van der Waals surface area contributed by atoms with Crippen molar-refractivity contribution in [3.63, 3.8) is 0 Å². The third-order valence-corrected chi connectivity index (χ3v) is 3.94. The summed E-state index contributed by atoms with van der Waals surface area (Å²) < 4.78 is 10.3. The van der Waals surface area contributed by atoms with Crippen LogP contribution in [0.25, 0.3) is 0 Å². The summed E-state index contributed by atoms with van der Waals surface area (Å²) in [6.45, 7) is 4.88. The van der Waals surface area contributed by atoms with Crippen LogP contribution in [0.1, 0.15) is 30.9 Å². The highest BCUT2D eigenvalue weighted by atomic mass is 16.6. The fourth-order valence-corrected chi connectivity index (χ4v) is 2.55. The van der Waals surface area contributed by atoms with Crippen molar-refractivity contribution in [1.82, 2.24) is 5.32 Å². The molecular weight excluding hydrogens is 308 g/mol. The minimum Gasteiger partial charge on any atom is -0.482 e. The zero-order valence-electron chi connectivity index (χ0n) is 14.2. The van der Waals surface area contributed by atoms with Crippen molar-refractivity contribution in [3.05, 3.63) is 29.3 Å². The number of esters is 1. The molecule has 1 aliphatic carbocycles. The summed E-state index contributed by atoms with van der Waals surface area (Å²) in [6, 6.07) is 7.76. The van der Waals surface area contributed by atoms with Crippen molar-refractivity contribution in [2.45, 2.75) is 39.2 Å². The summed E-state index contributed by atoms with van der Waals surface area (Å²) in [7, 11) is 0. The lowest BCUT2D eigenvalue weighted by atomic mass is 9.98. The van der Waals surface area contributed by atoms with E-state index in [-0.39, 0.29) is 12.5 Å². The van der Waals surface area contributed by atoms with Gasteiger partial charge in [-0.05, 0) is 62.8 Å². The molecule has 2 rings (SSSR count). The Hall–Kier alpha value is -2.55. The Bertz CT molecular complexity index is 656. The molecule has 0 saturated heterocycles. The van der Waals surface area contributed by atoms with E-state index >= 15 is 0 Å². The number of carbonyl (C=O) groups is 2. The molecule has 1 saturated carbocycles. The molecule has 128 valence electrons. The monoisotopic (exact) mass is 330 g/mol. The van der Waals surface area contributed by atoms with Crippen LogP contribution in [0.15, 0.2) is 18.2 Å². The number of aryl methyl sites for hydroxylation is 2. The lowest BCUT2D eigenvalue weighted by Crippen LogP contribution is -2.48. The molecule has 0 aliphatic heterocycles. The topological polar surface area (TPSA) is 88.4 Å². The highest BCUT2D eigenvalue weighted by molar-refractivity contribution is 5.81. The second-order valence-electron chi connectivity index (χ2n) is 6.41. The number of benzene rings is 1. The van der Waals surface area contributed by atoms with Crippen molar-refractivity contribution in [2.24, 2.45) is 5.92 Å². The summed E-state index contributed by atoms with van der Waals surface area (Å²) in [5.74, 6) is -0.352. The van der Waals surface area contributed by atoms with Crippen molar-refractivity contribution in [1.29, 1.82) is 5.26 Å². The molecule has 1 aromatic rings. The van der Waals surface area contributed by atoms with E-state index < -0.39 is 24.0 Å². The van der Waals surface area contributed by atoms with E-state index in [0.29, 0.717) is 5.75 Å². The lowest BCUT2D eigenvalue weighted by molar-refractivity contribution is -0.150. The summed E-state index contributed by atoms with van der Waals surface area (Å²) >= 11 is 0. The molecule has 1 aliphatic rings. The van der Waals surface area contributed by atoms with Crippen LogP contribution in [0.2, 0.25) is 0 Å². The minimum atomic E-state index is -0.890. The molecule has 0 aromatic heterocycles. The Kier molecular flexibility index (Phi) is 5.45. The number of hydrogen-bond donors (Lipinski definition) is 1. The largest absolute Gasteiger partial charge is 0.482 e. The van der Waals surface area contributed by atoms with Gasteiger partial charge in [0.2, 0.25) is 0 Å². The molecule has 1 atom stereocenters. The van der Waals surface area contributed by atoms with Crippen LogP contribution in [0, 0.1) is 31.1 Å². The molecule has 0 spiro atoms. The Morgan fingerprint density at radius 1 is 1.25 bits per heavy atom. The summed E-state index contributed by atoms with van der Waals surface area (Å²) in [4.78, 5) is 23.5. The van der Waals surface area contributed by atoms with E-state index in [1.165, 1.54) is 0 Å². The summed E-state index contributed by atoms with van der Waals surface area (Å²) in [5, 5.41) is 11.8. The third kappa shape index (κ3) is 4.98. The maximum absolute atomic E-state index is 11.8. The Morgan fingerprint density at radius 2 is 1.88 bits per heavy atom. The molecule has 6 nitrogen and oxygen atoms in total. The number of nitrogens with zero attached hydrogens (tertiary/aromatic N) is 1. The number of rotatable bonds is 7. The number of hydrogen-bond acceptors (Lipinski definition) is 5. The molecule has 0 unspecified atom stereocenters. The number of carbonyl (C=O) groups excluding carboxylic acids is 2. The predicted molar refractivity (Wildman–Crippen MR) is 87.3 cm³/mol. The van der Waals surface area contributed by atoms with Crippen LogP contribution in [0.4, 0.5) is 0 Å². The first kappa shape index (κ1) is 17.8. The van der Waals surface area contributed by atoms with Crippen LogP contribution in [0.5, 0.6) is 5.75 Å². The molecule has 1 aromatic carbocycles. The number of nitrogens with one attached hydrogen (secondary N) is 1. The highest BCUT2D eigenvalue weighted by Crippen LogP contribution is 2.39. The Morgan fingerprint density at radius 3 is 2.42 bits per heavy atom. The van der Waals surface area contributed by atoms with Crippen LogP contribution in [-0.2, 0) is 14.3 Å². The maximum atomic E-state index is 11.8. The van der Waals surface area contributed by atoms with Gasteiger partial charge in [-0.15, -0.1) is 0 Å². The smallest absolute Gasteiger partial charge is 0.344 e. The van der Waals surface area contributed by atoms with E-state index in [4.69, 9.17) is 9.47 Å². The van der Waals surface area contributed by atoms with Gasteiger partial charge in [0.15, 0.2) is 13.2 Å². The average molecular weight is 330 g/mol. The van der Waals surface area contributed by atoms with Crippen LogP contribution >= 0.6 is 0 Å². The second kappa shape index (κ2) is 7.35. The minimum absolute atomic E-state index is 0.176. The molecule has 1 amide bonds. The molecule has 1 N–H and O–H groups in total. The van der Waals surface area contributed by atoms with Gasteiger partial charge >= 0.3 is 5.97 Å². The van der Waals surface area contributed by atoms with Gasteiger partial charge in [0.1, 0.15) is 11.3 Å². The predicted octanol–water partition coefficient (Wildman–Crippen LogP) is 2.03. The first-order chi connectivity index (χ1) is 11.3. The first-order valence-electron chi connectivity index (χ1n) is 7.91. The zero-order chi connectivity index (χ0) is 17.7. The SMILES string of the molecule is Cc1cc(C)cc(OCC(=O)OCC(=O)N[C@@](C)(C#N)C2CC2)c1. The number of amides is 1. The zero-order valence-corrected chi connectivity index (χ0v) is 14.2. The number of ether oxygens (including phenoxy) is 2. The molecule has 1 fully saturated rings. The van der Waals surface area contributed by atoms with Gasteiger partial charge in [-0.1, -0.05) is 6.07 Å². The van der Waals surface area contributed by atoms with Gasteiger partial charge in [-0.2, -0.15) is 5.26 Å². The van der Waals surface area contributed by atoms with Gasteiger partial charge in [-0.25, -0.2) is 4.79 Å². The average Bonchev–Trinajstić information content (AvgIpc) is 3.35. The number of nitriles is 1. The van der Waals surface area contributed by atoms with Crippen molar-refractivity contribution >= 4 is 11.9 Å². The second-order valence-corrected chi connectivity index (χ2v) is 6.41. The van der Waals surface area contributed by atoms with Gasteiger partial charge in [0.05, 0.1) is 6.07 Å². The third-order valence-electron chi connectivity index (χ3n) is 3.94. The molecule has 0 radical (unpaired) electrons. The van der Waals surface area contributed by atoms with Gasteiger partial charge in [0, 0.05) is 0 Å². The van der Waals surface area contributed by atoms with Gasteiger partial charge in [-0.3, -0.25) is 4.79 Å². The molecule has 24 heavy (non-hydrogen) atoms. The quantitative estimate of drug-likeness (QED) is 0.773. The van der Waals surface area contributed by atoms with Crippen LogP contribution in [0.3, 0.4) is 0 Å². The summed E-state index contributed by atoms with van der Waals surface area (Å²) in [5.41, 5.74) is 1.18. The Labute approximate surface area is 141 Å². The fraction of sp³-hybridized carbons (Fsp3) is 0.500. The standard InChI is InChI=1S/C18H22N2O4/c1-12-6-13(2)8-15(7-12)23-10-17(22)24-9-16(21)20-18(3,11-19)14-4-5-14/h6-8,14H,4-5,9-10H2,1-3H3,(H,20,21)/t18-/m0/s1. The van der Waals surface area contributed by atoms with Crippen LogP contribution in [-0.4, -0.2) is 30.6 Å². The van der Waals surface area contributed by atoms with E-state index in [9.17, 15) is 14.9 Å². The van der Waals surface area contributed by atoms with E-state index in [2.05, 4.69) is 11.4 Å². The normalized spacial score (nSPS) is 15.8. The van der Waals surface area contributed by atoms with E-state index in [1.54, 1.807) is 6.92 Å². The van der Waals surface area contributed by atoms with Crippen LogP contribution < -0.4 is 10.1 Å². The first-order valence-corrected chi connectivity index (χ1v) is 7.91.